The Bertz CT molecular complexity index is 1020. The van der Waals surface area contributed by atoms with Gasteiger partial charge in [0.1, 0.15) is 17.0 Å². The molecule has 1 aromatic carbocycles. The number of thiophene rings is 1. The number of nitrogens with zero attached hydrogens (tertiary/aromatic N) is 4. The zero-order valence-electron chi connectivity index (χ0n) is 16.5. The van der Waals surface area contributed by atoms with Crippen LogP contribution in [0.25, 0.3) is 10.2 Å². The Morgan fingerprint density at radius 3 is 2.70 bits per heavy atom. The van der Waals surface area contributed by atoms with Gasteiger partial charge < -0.3 is 4.90 Å². The Labute approximate surface area is 177 Å². The highest BCUT2D eigenvalue weighted by atomic mass is 32.1. The molecule has 0 unspecified atom stereocenters. The first-order chi connectivity index (χ1) is 14.5. The molecule has 0 radical (unpaired) electrons. The minimum Gasteiger partial charge on any atom is -0.356 e. The molecule has 0 bridgehead atoms. The molecule has 30 heavy (non-hydrogen) atoms. The number of likely N-dealkylation sites (tertiary alicyclic amines) is 1. The smallest absolute Gasteiger partial charge is 0.356 e. The van der Waals surface area contributed by atoms with Crippen molar-refractivity contribution >= 4 is 27.4 Å². The van der Waals surface area contributed by atoms with E-state index in [1.807, 2.05) is 6.07 Å². The largest absolute Gasteiger partial charge is 0.393 e. The van der Waals surface area contributed by atoms with Gasteiger partial charge >= 0.3 is 6.18 Å². The van der Waals surface area contributed by atoms with E-state index in [0.717, 1.165) is 61.6 Å². The molecular formula is C22H23F3N4S. The second-order valence-electron chi connectivity index (χ2n) is 8.23. The number of halogens is 3. The third-order valence-electron chi connectivity index (χ3n) is 6.21. The zero-order chi connectivity index (χ0) is 20.7. The fourth-order valence-corrected chi connectivity index (χ4v) is 5.94. The van der Waals surface area contributed by atoms with Crippen LogP contribution in [-0.4, -0.2) is 46.7 Å². The molecule has 2 aliphatic heterocycles. The molecule has 2 aliphatic rings. The average molecular weight is 433 g/mol. The molecule has 3 aromatic rings. The predicted octanol–water partition coefficient (Wildman–Crippen LogP) is 4.90. The number of hydrogen-bond acceptors (Lipinski definition) is 5. The number of alkyl halides is 3. The van der Waals surface area contributed by atoms with E-state index in [4.69, 9.17) is 0 Å². The Balaban J connectivity index is 1.32. The van der Waals surface area contributed by atoms with E-state index in [2.05, 4.69) is 44.0 Å². The first-order valence-electron chi connectivity index (χ1n) is 10.3. The summed E-state index contributed by atoms with van der Waals surface area (Å²) in [6.07, 6.45) is -1.45. The molecule has 2 fully saturated rings. The van der Waals surface area contributed by atoms with E-state index < -0.39 is 12.6 Å². The molecule has 0 spiro atoms. The van der Waals surface area contributed by atoms with Crippen LogP contribution in [0.3, 0.4) is 0 Å². The van der Waals surface area contributed by atoms with Crippen molar-refractivity contribution in [2.45, 2.75) is 38.0 Å². The molecule has 2 saturated heterocycles. The van der Waals surface area contributed by atoms with Crippen LogP contribution in [0.2, 0.25) is 0 Å². The molecule has 0 amide bonds. The highest BCUT2D eigenvalue weighted by molar-refractivity contribution is 7.18. The van der Waals surface area contributed by atoms with Crippen molar-refractivity contribution in [1.82, 2.24) is 14.9 Å². The molecule has 0 saturated carbocycles. The van der Waals surface area contributed by atoms with Gasteiger partial charge in [0.05, 0.1) is 11.8 Å². The van der Waals surface area contributed by atoms with E-state index >= 15 is 0 Å². The summed E-state index contributed by atoms with van der Waals surface area (Å²) in [4.78, 5) is 14.5. The van der Waals surface area contributed by atoms with Crippen LogP contribution in [0.5, 0.6) is 0 Å². The van der Waals surface area contributed by atoms with Gasteiger partial charge in [0.2, 0.25) is 0 Å². The summed E-state index contributed by atoms with van der Waals surface area (Å²) in [5, 5.41) is 0.749. The summed E-state index contributed by atoms with van der Waals surface area (Å²) < 4.78 is 38.5. The number of anilines is 1. The first-order valence-corrected chi connectivity index (χ1v) is 11.1. The van der Waals surface area contributed by atoms with Crippen molar-refractivity contribution < 1.29 is 13.2 Å². The Morgan fingerprint density at radius 2 is 1.90 bits per heavy atom. The van der Waals surface area contributed by atoms with Gasteiger partial charge in [0, 0.05) is 30.6 Å². The molecule has 4 heterocycles. The van der Waals surface area contributed by atoms with Gasteiger partial charge in [-0.2, -0.15) is 13.2 Å². The van der Waals surface area contributed by atoms with Crippen LogP contribution < -0.4 is 4.90 Å². The maximum atomic E-state index is 12.8. The van der Waals surface area contributed by atoms with Gasteiger partial charge in [-0.15, -0.1) is 11.3 Å². The average Bonchev–Trinajstić information content (AvgIpc) is 3.30. The summed E-state index contributed by atoms with van der Waals surface area (Å²) in [6, 6.07) is 12.7. The normalized spacial score (nSPS) is 22.6. The van der Waals surface area contributed by atoms with E-state index in [1.54, 1.807) is 6.07 Å². The van der Waals surface area contributed by atoms with Gasteiger partial charge in [0.15, 0.2) is 0 Å². The summed E-state index contributed by atoms with van der Waals surface area (Å²) in [7, 11) is 0. The van der Waals surface area contributed by atoms with Crippen LogP contribution in [0.1, 0.15) is 23.3 Å². The third kappa shape index (κ3) is 4.03. The van der Waals surface area contributed by atoms with Gasteiger partial charge in [0.25, 0.3) is 0 Å². The number of rotatable bonds is 4. The fourth-order valence-electron chi connectivity index (χ4n) is 4.92. The highest BCUT2D eigenvalue weighted by Gasteiger charge is 2.39. The van der Waals surface area contributed by atoms with E-state index in [9.17, 15) is 13.2 Å². The monoisotopic (exact) mass is 432 g/mol. The van der Waals surface area contributed by atoms with Crippen molar-refractivity contribution in [2.75, 3.05) is 24.5 Å². The highest BCUT2D eigenvalue weighted by Crippen LogP contribution is 2.38. The predicted molar refractivity (Wildman–Crippen MR) is 113 cm³/mol. The van der Waals surface area contributed by atoms with Gasteiger partial charge in [-0.05, 0) is 36.9 Å². The van der Waals surface area contributed by atoms with Crippen LogP contribution >= 0.6 is 11.3 Å². The minimum atomic E-state index is -4.21. The van der Waals surface area contributed by atoms with Crippen molar-refractivity contribution in [3.05, 3.63) is 53.2 Å². The van der Waals surface area contributed by atoms with Crippen LogP contribution in [0.15, 0.2) is 42.7 Å². The number of piperidine rings is 1. The first kappa shape index (κ1) is 19.8. The topological polar surface area (TPSA) is 32.3 Å². The van der Waals surface area contributed by atoms with Gasteiger partial charge in [-0.3, -0.25) is 4.90 Å². The number of aromatic nitrogens is 2. The molecule has 0 N–H and O–H groups in total. The summed E-state index contributed by atoms with van der Waals surface area (Å²) in [5.41, 5.74) is 1.34. The summed E-state index contributed by atoms with van der Waals surface area (Å²) >= 11 is 1.12. The molecule has 2 aromatic heterocycles. The second kappa shape index (κ2) is 7.81. The fraction of sp³-hybridized carbons (Fsp3) is 0.455. The number of fused-ring (bicyclic) bond motifs is 2. The molecule has 0 aliphatic carbocycles. The molecule has 8 heteroatoms. The lowest BCUT2D eigenvalue weighted by molar-refractivity contribution is -0.126. The Morgan fingerprint density at radius 1 is 1.07 bits per heavy atom. The Hall–Kier alpha value is -2.19. The standard InChI is InChI=1S/C22H23F3N4S/c23-22(24,25)11-17-10-18-20(26-14-27-21(18)30-17)29-9-7-19-16(13-29)6-8-28(19)12-15-4-2-1-3-5-15/h1-5,10,14,16,19H,6-9,11-13H2/t16-,19+/m0/s1. The zero-order valence-corrected chi connectivity index (χ0v) is 17.3. The molecule has 2 atom stereocenters. The summed E-state index contributed by atoms with van der Waals surface area (Å²) in [5.74, 6) is 1.34. The lowest BCUT2D eigenvalue weighted by atomic mass is 9.92. The molecule has 158 valence electrons. The number of hydrogen-bond donors (Lipinski definition) is 0. The number of benzene rings is 1. The van der Waals surface area contributed by atoms with Crippen LogP contribution in [0.4, 0.5) is 19.0 Å². The van der Waals surface area contributed by atoms with Crippen LogP contribution in [-0.2, 0) is 13.0 Å². The van der Waals surface area contributed by atoms with Crippen molar-refractivity contribution in [3.8, 4) is 0 Å². The SMILES string of the molecule is FC(F)(F)Cc1cc2c(N3CC[C@@H]4[C@@H](CCN4Cc4ccccc4)C3)ncnc2s1. The maximum Gasteiger partial charge on any atom is 0.393 e. The van der Waals surface area contributed by atoms with E-state index in [-0.39, 0.29) is 0 Å². The minimum absolute atomic E-state index is 0.295. The lowest BCUT2D eigenvalue weighted by Crippen LogP contribution is -2.46. The summed E-state index contributed by atoms with van der Waals surface area (Å²) in [6.45, 7) is 3.83. The van der Waals surface area contributed by atoms with Crippen molar-refractivity contribution in [2.24, 2.45) is 5.92 Å². The lowest BCUT2D eigenvalue weighted by Gasteiger charge is -2.38. The van der Waals surface area contributed by atoms with Gasteiger partial charge in [-0.25, -0.2) is 9.97 Å². The maximum absolute atomic E-state index is 12.8. The van der Waals surface area contributed by atoms with E-state index in [0.29, 0.717) is 21.7 Å². The Kier molecular flexibility index (Phi) is 5.14. The van der Waals surface area contributed by atoms with E-state index in [1.165, 1.54) is 11.9 Å². The van der Waals surface area contributed by atoms with Crippen LogP contribution in [0, 0.1) is 5.92 Å². The second-order valence-corrected chi connectivity index (χ2v) is 9.34. The molecule has 4 nitrogen and oxygen atoms in total. The van der Waals surface area contributed by atoms with Crippen molar-refractivity contribution in [1.29, 1.82) is 0 Å². The van der Waals surface area contributed by atoms with Crippen molar-refractivity contribution in [3.63, 3.8) is 0 Å². The van der Waals surface area contributed by atoms with Gasteiger partial charge in [-0.1, -0.05) is 30.3 Å². The molecule has 5 rings (SSSR count). The molecular weight excluding hydrogens is 409 g/mol. The quantitative estimate of drug-likeness (QED) is 0.587. The third-order valence-corrected chi connectivity index (χ3v) is 7.26.